The fourth-order valence-corrected chi connectivity index (χ4v) is 1.68. The number of carbonyl (C=O) groups is 1. The molecule has 0 aromatic rings. The highest BCUT2D eigenvalue weighted by molar-refractivity contribution is 5.93. The zero-order valence-corrected chi connectivity index (χ0v) is 12.3. The molecule has 0 aromatic heterocycles. The van der Waals surface area contributed by atoms with E-state index in [1.54, 1.807) is 4.90 Å². The van der Waals surface area contributed by atoms with E-state index in [4.69, 9.17) is 0 Å². The number of allylic oxidation sites excluding steroid dienone is 1. The van der Waals surface area contributed by atoms with E-state index in [1.807, 2.05) is 32.8 Å². The van der Waals surface area contributed by atoms with Crippen LogP contribution in [-0.2, 0) is 4.79 Å². The van der Waals surface area contributed by atoms with Gasteiger partial charge in [-0.2, -0.15) is 0 Å². The van der Waals surface area contributed by atoms with Crippen LogP contribution in [0.4, 0.5) is 4.39 Å². The Kier molecular flexibility index (Phi) is 4.75. The first-order chi connectivity index (χ1) is 8.70. The van der Waals surface area contributed by atoms with Gasteiger partial charge >= 0.3 is 0 Å². The molecule has 1 rings (SSSR count). The van der Waals surface area contributed by atoms with Crippen LogP contribution in [0.5, 0.6) is 0 Å². The lowest BCUT2D eigenvalue weighted by Crippen LogP contribution is -2.43. The van der Waals surface area contributed by atoms with Crippen LogP contribution in [0.2, 0.25) is 0 Å². The molecule has 0 aliphatic carbocycles. The van der Waals surface area contributed by atoms with Crippen molar-refractivity contribution < 1.29 is 9.18 Å². The van der Waals surface area contributed by atoms with Crippen LogP contribution in [0.25, 0.3) is 0 Å². The molecular formula is C15H23FN2O. The molecule has 19 heavy (non-hydrogen) atoms. The Hall–Kier alpha value is -1.34. The minimum Gasteiger partial charge on any atom is -0.332 e. The second-order valence-electron chi connectivity index (χ2n) is 5.73. The van der Waals surface area contributed by atoms with Crippen LogP contribution < -0.4 is 0 Å². The van der Waals surface area contributed by atoms with E-state index < -0.39 is 5.67 Å². The van der Waals surface area contributed by atoms with Gasteiger partial charge in [0.25, 0.3) is 5.91 Å². The summed E-state index contributed by atoms with van der Waals surface area (Å²) < 4.78 is 13.9. The van der Waals surface area contributed by atoms with Crippen molar-refractivity contribution in [2.45, 2.75) is 37.9 Å². The number of piperidine rings is 1. The Morgan fingerprint density at radius 3 is 2.37 bits per heavy atom. The van der Waals surface area contributed by atoms with Crippen molar-refractivity contribution in [1.82, 2.24) is 9.80 Å². The molecule has 1 fully saturated rings. The zero-order chi connectivity index (χ0) is 14.7. The van der Waals surface area contributed by atoms with Crippen molar-refractivity contribution in [2.75, 3.05) is 27.2 Å². The fourth-order valence-electron chi connectivity index (χ4n) is 1.68. The Bertz CT molecular complexity index is 410. The quantitative estimate of drug-likeness (QED) is 0.562. The van der Waals surface area contributed by atoms with Crippen LogP contribution in [0.15, 0.2) is 12.7 Å². The van der Waals surface area contributed by atoms with Gasteiger partial charge in [0, 0.05) is 25.9 Å². The maximum absolute atomic E-state index is 13.9. The van der Waals surface area contributed by atoms with Gasteiger partial charge in [0.1, 0.15) is 5.67 Å². The summed E-state index contributed by atoms with van der Waals surface area (Å²) in [5.74, 6) is 5.41. The number of amides is 1. The van der Waals surface area contributed by atoms with Gasteiger partial charge in [-0.25, -0.2) is 4.39 Å². The summed E-state index contributed by atoms with van der Waals surface area (Å²) in [5, 5.41) is 0. The van der Waals surface area contributed by atoms with Crippen molar-refractivity contribution >= 4 is 5.91 Å². The first-order valence-corrected chi connectivity index (χ1v) is 6.52. The van der Waals surface area contributed by atoms with E-state index in [0.717, 1.165) is 0 Å². The van der Waals surface area contributed by atoms with Gasteiger partial charge in [-0.3, -0.25) is 9.69 Å². The van der Waals surface area contributed by atoms with Crippen LogP contribution >= 0.6 is 0 Å². The molecule has 0 bridgehead atoms. The molecule has 1 aliphatic rings. The molecule has 1 heterocycles. The molecule has 0 radical (unpaired) electrons. The SMILES string of the molecule is C=CC1(F)CCN(C(=O)C#CC(C)(C)N(C)C)CC1. The Balaban J connectivity index is 2.63. The Labute approximate surface area is 115 Å². The van der Waals surface area contributed by atoms with Crippen molar-refractivity contribution in [3.8, 4) is 11.8 Å². The summed E-state index contributed by atoms with van der Waals surface area (Å²) in [6.07, 6.45) is 1.96. The summed E-state index contributed by atoms with van der Waals surface area (Å²) in [5.41, 5.74) is -1.68. The third-order valence-electron chi connectivity index (χ3n) is 3.84. The van der Waals surface area contributed by atoms with E-state index in [-0.39, 0.29) is 11.4 Å². The number of hydrogen-bond donors (Lipinski definition) is 0. The van der Waals surface area contributed by atoms with E-state index in [0.29, 0.717) is 25.9 Å². The number of rotatable bonds is 2. The molecule has 4 heteroatoms. The van der Waals surface area contributed by atoms with Crippen molar-refractivity contribution in [3.63, 3.8) is 0 Å². The lowest BCUT2D eigenvalue weighted by molar-refractivity contribution is -0.127. The number of halogens is 1. The predicted octanol–water partition coefficient (Wildman–Crippen LogP) is 1.85. The second kappa shape index (κ2) is 5.75. The molecule has 3 nitrogen and oxygen atoms in total. The second-order valence-corrected chi connectivity index (χ2v) is 5.73. The first-order valence-electron chi connectivity index (χ1n) is 6.52. The minimum atomic E-state index is -1.33. The van der Waals surface area contributed by atoms with Gasteiger partial charge in [0.2, 0.25) is 0 Å². The lowest BCUT2D eigenvalue weighted by atomic mass is 9.93. The highest BCUT2D eigenvalue weighted by Gasteiger charge is 2.32. The highest BCUT2D eigenvalue weighted by atomic mass is 19.1. The molecule has 0 spiro atoms. The number of alkyl halides is 1. The molecule has 0 atom stereocenters. The molecular weight excluding hydrogens is 243 g/mol. The first kappa shape index (κ1) is 15.7. The standard InChI is InChI=1S/C15H23FN2O/c1-6-15(16)9-11-18(12-10-15)13(19)7-8-14(2,3)17(4)5/h6H,1,9-12H2,2-5H3. The summed E-state index contributed by atoms with van der Waals surface area (Å²) in [4.78, 5) is 15.5. The van der Waals surface area contributed by atoms with E-state index >= 15 is 0 Å². The topological polar surface area (TPSA) is 23.6 Å². The molecule has 0 aromatic carbocycles. The molecule has 0 N–H and O–H groups in total. The number of hydrogen-bond acceptors (Lipinski definition) is 2. The van der Waals surface area contributed by atoms with Crippen molar-refractivity contribution in [3.05, 3.63) is 12.7 Å². The van der Waals surface area contributed by atoms with Crippen LogP contribution in [0.3, 0.4) is 0 Å². The summed E-state index contributed by atoms with van der Waals surface area (Å²) in [7, 11) is 3.84. The summed E-state index contributed by atoms with van der Waals surface area (Å²) >= 11 is 0. The fraction of sp³-hybridized carbons (Fsp3) is 0.667. The van der Waals surface area contributed by atoms with Gasteiger partial charge in [-0.05, 0) is 33.9 Å². The summed E-state index contributed by atoms with van der Waals surface area (Å²) in [6, 6.07) is 0. The number of likely N-dealkylation sites (tertiary alicyclic amines) is 1. The molecule has 106 valence electrons. The summed E-state index contributed by atoms with van der Waals surface area (Å²) in [6.45, 7) is 8.21. The third kappa shape index (κ3) is 4.07. The predicted molar refractivity (Wildman–Crippen MR) is 75.4 cm³/mol. The Morgan fingerprint density at radius 1 is 1.42 bits per heavy atom. The van der Waals surface area contributed by atoms with Gasteiger partial charge in [0.05, 0.1) is 5.54 Å². The zero-order valence-electron chi connectivity index (χ0n) is 12.3. The van der Waals surface area contributed by atoms with E-state index in [1.165, 1.54) is 6.08 Å². The molecule has 1 amide bonds. The van der Waals surface area contributed by atoms with Gasteiger partial charge < -0.3 is 4.90 Å². The van der Waals surface area contributed by atoms with Crippen molar-refractivity contribution in [2.24, 2.45) is 0 Å². The molecule has 1 aliphatic heterocycles. The average molecular weight is 266 g/mol. The van der Waals surface area contributed by atoms with Gasteiger partial charge in [-0.1, -0.05) is 18.6 Å². The number of nitrogens with zero attached hydrogens (tertiary/aromatic N) is 2. The monoisotopic (exact) mass is 266 g/mol. The maximum atomic E-state index is 13.9. The molecule has 0 saturated carbocycles. The molecule has 0 unspecified atom stereocenters. The molecule has 1 saturated heterocycles. The normalized spacial score (nSPS) is 18.7. The minimum absolute atomic E-state index is 0.221. The van der Waals surface area contributed by atoms with Crippen LogP contribution in [0.1, 0.15) is 26.7 Å². The maximum Gasteiger partial charge on any atom is 0.298 e. The van der Waals surface area contributed by atoms with Crippen LogP contribution in [-0.4, -0.2) is 54.1 Å². The van der Waals surface area contributed by atoms with Crippen LogP contribution in [0, 0.1) is 11.8 Å². The van der Waals surface area contributed by atoms with Gasteiger partial charge in [-0.15, -0.1) is 0 Å². The lowest BCUT2D eigenvalue weighted by Gasteiger charge is -2.33. The van der Waals surface area contributed by atoms with Crippen molar-refractivity contribution in [1.29, 1.82) is 0 Å². The largest absolute Gasteiger partial charge is 0.332 e. The van der Waals surface area contributed by atoms with E-state index in [2.05, 4.69) is 18.4 Å². The number of carbonyl (C=O) groups excluding carboxylic acids is 1. The average Bonchev–Trinajstić information content (AvgIpc) is 2.37. The highest BCUT2D eigenvalue weighted by Crippen LogP contribution is 2.27. The van der Waals surface area contributed by atoms with Gasteiger partial charge in [0.15, 0.2) is 0 Å². The van der Waals surface area contributed by atoms with E-state index in [9.17, 15) is 9.18 Å². The third-order valence-corrected chi connectivity index (χ3v) is 3.84. The smallest absolute Gasteiger partial charge is 0.298 e. The Morgan fingerprint density at radius 2 is 1.95 bits per heavy atom.